The van der Waals surface area contributed by atoms with E-state index < -0.39 is 0 Å². The summed E-state index contributed by atoms with van der Waals surface area (Å²) in [6.07, 6.45) is 2.11. The van der Waals surface area contributed by atoms with E-state index in [2.05, 4.69) is 48.7 Å². The number of hydrogen-bond donors (Lipinski definition) is 2. The molecule has 0 aliphatic heterocycles. The molecule has 0 spiro atoms. The van der Waals surface area contributed by atoms with Gasteiger partial charge in [0.15, 0.2) is 0 Å². The third-order valence-electron chi connectivity index (χ3n) is 3.59. The minimum atomic E-state index is 0.110. The molecule has 3 atom stereocenters. The molecule has 0 saturated heterocycles. The molecule has 0 heterocycles. The summed E-state index contributed by atoms with van der Waals surface area (Å²) < 4.78 is 0. The molecule has 2 N–H and O–H groups in total. The van der Waals surface area contributed by atoms with Crippen molar-refractivity contribution in [2.24, 2.45) is 0 Å². The molecule has 0 radical (unpaired) electrons. The molecule has 2 rings (SSSR count). The van der Waals surface area contributed by atoms with Gasteiger partial charge in [0.25, 0.3) is 0 Å². The van der Waals surface area contributed by atoms with Gasteiger partial charge in [-0.2, -0.15) is 0 Å². The molecule has 3 unspecified atom stereocenters. The lowest BCUT2D eigenvalue weighted by Gasteiger charge is -2.11. The second-order valence-electron chi connectivity index (χ2n) is 5.12. The van der Waals surface area contributed by atoms with E-state index in [4.69, 9.17) is 0 Å². The first-order valence-electron chi connectivity index (χ1n) is 6.78. The molecule has 3 nitrogen and oxygen atoms in total. The van der Waals surface area contributed by atoms with Crippen molar-refractivity contribution in [2.75, 3.05) is 6.54 Å². The largest absolute Gasteiger partial charge is 0.352 e. The van der Waals surface area contributed by atoms with E-state index in [1.165, 1.54) is 5.56 Å². The van der Waals surface area contributed by atoms with E-state index in [-0.39, 0.29) is 5.91 Å². The van der Waals surface area contributed by atoms with E-state index in [0.29, 0.717) is 24.5 Å². The summed E-state index contributed by atoms with van der Waals surface area (Å²) in [6, 6.07) is 11.1. The molecular weight excluding hydrogens is 224 g/mol. The predicted octanol–water partition coefficient (Wildman–Crippen LogP) is 2.05. The van der Waals surface area contributed by atoms with Gasteiger partial charge in [0.2, 0.25) is 5.91 Å². The van der Waals surface area contributed by atoms with Crippen molar-refractivity contribution in [2.45, 2.75) is 44.7 Å². The molecule has 98 valence electrons. The van der Waals surface area contributed by atoms with Gasteiger partial charge in [0, 0.05) is 18.0 Å². The first-order valence-corrected chi connectivity index (χ1v) is 6.78. The normalized spacial score (nSPS) is 23.4. The van der Waals surface area contributed by atoms with Crippen LogP contribution in [0.2, 0.25) is 0 Å². The predicted molar refractivity (Wildman–Crippen MR) is 73.5 cm³/mol. The highest BCUT2D eigenvalue weighted by Gasteiger charge is 2.39. The van der Waals surface area contributed by atoms with Crippen LogP contribution in [0.4, 0.5) is 0 Å². The molecule has 1 aliphatic rings. The van der Waals surface area contributed by atoms with Crippen LogP contribution < -0.4 is 10.6 Å². The highest BCUT2D eigenvalue weighted by molar-refractivity contribution is 5.79. The van der Waals surface area contributed by atoms with Crippen molar-refractivity contribution < 1.29 is 4.79 Å². The SMILES string of the molecule is CCC(C)NCC(=O)NC1CC1c1ccccc1. The summed E-state index contributed by atoms with van der Waals surface area (Å²) in [5.41, 5.74) is 1.33. The van der Waals surface area contributed by atoms with Crippen LogP contribution in [-0.4, -0.2) is 24.5 Å². The number of carbonyl (C=O) groups is 1. The van der Waals surface area contributed by atoms with Gasteiger partial charge in [-0.1, -0.05) is 37.3 Å². The lowest BCUT2D eigenvalue weighted by atomic mass is 10.1. The summed E-state index contributed by atoms with van der Waals surface area (Å²) in [5, 5.41) is 6.29. The van der Waals surface area contributed by atoms with Crippen LogP contribution in [0.25, 0.3) is 0 Å². The van der Waals surface area contributed by atoms with Crippen molar-refractivity contribution in [3.8, 4) is 0 Å². The van der Waals surface area contributed by atoms with Gasteiger partial charge in [-0.25, -0.2) is 0 Å². The van der Waals surface area contributed by atoms with Gasteiger partial charge in [-0.15, -0.1) is 0 Å². The minimum Gasteiger partial charge on any atom is -0.352 e. The van der Waals surface area contributed by atoms with Crippen LogP contribution in [0, 0.1) is 0 Å². The van der Waals surface area contributed by atoms with Gasteiger partial charge in [-0.05, 0) is 25.3 Å². The summed E-state index contributed by atoms with van der Waals surface area (Å²) in [5.74, 6) is 0.623. The summed E-state index contributed by atoms with van der Waals surface area (Å²) in [7, 11) is 0. The Hall–Kier alpha value is -1.35. The van der Waals surface area contributed by atoms with Crippen LogP contribution in [-0.2, 0) is 4.79 Å². The van der Waals surface area contributed by atoms with Crippen molar-refractivity contribution in [3.05, 3.63) is 35.9 Å². The van der Waals surface area contributed by atoms with Crippen LogP contribution in [0.1, 0.15) is 38.2 Å². The molecule has 1 aromatic carbocycles. The number of amides is 1. The van der Waals surface area contributed by atoms with E-state index in [1.54, 1.807) is 0 Å². The quantitative estimate of drug-likeness (QED) is 0.806. The molecule has 1 aliphatic carbocycles. The zero-order chi connectivity index (χ0) is 13.0. The van der Waals surface area contributed by atoms with Crippen molar-refractivity contribution in [1.29, 1.82) is 0 Å². The Balaban J connectivity index is 1.71. The first kappa shape index (κ1) is 13.1. The van der Waals surface area contributed by atoms with Crippen molar-refractivity contribution >= 4 is 5.91 Å². The molecule has 0 aromatic heterocycles. The Morgan fingerprint density at radius 3 is 2.78 bits per heavy atom. The fraction of sp³-hybridized carbons (Fsp3) is 0.533. The van der Waals surface area contributed by atoms with Gasteiger partial charge in [-0.3, -0.25) is 4.79 Å². The van der Waals surface area contributed by atoms with Crippen LogP contribution in [0.5, 0.6) is 0 Å². The number of benzene rings is 1. The zero-order valence-corrected chi connectivity index (χ0v) is 11.1. The second-order valence-corrected chi connectivity index (χ2v) is 5.12. The Morgan fingerprint density at radius 1 is 1.39 bits per heavy atom. The highest BCUT2D eigenvalue weighted by atomic mass is 16.2. The average Bonchev–Trinajstić information content (AvgIpc) is 3.16. The molecule has 1 aromatic rings. The summed E-state index contributed by atoms with van der Waals surface area (Å²) >= 11 is 0. The standard InChI is InChI=1S/C15H22N2O/c1-3-11(2)16-10-15(18)17-14-9-13(14)12-7-5-4-6-8-12/h4-8,11,13-14,16H,3,9-10H2,1-2H3,(H,17,18). The number of hydrogen-bond acceptors (Lipinski definition) is 2. The second kappa shape index (κ2) is 6.01. The molecule has 1 amide bonds. The smallest absolute Gasteiger partial charge is 0.234 e. The summed E-state index contributed by atoms with van der Waals surface area (Å²) in [4.78, 5) is 11.7. The van der Waals surface area contributed by atoms with E-state index in [9.17, 15) is 4.79 Å². The fourth-order valence-electron chi connectivity index (χ4n) is 2.09. The molecule has 1 fully saturated rings. The molecule has 1 saturated carbocycles. The Bertz CT molecular complexity index is 391. The maximum Gasteiger partial charge on any atom is 0.234 e. The van der Waals surface area contributed by atoms with Crippen molar-refractivity contribution in [1.82, 2.24) is 10.6 Å². The fourth-order valence-corrected chi connectivity index (χ4v) is 2.09. The van der Waals surface area contributed by atoms with Crippen LogP contribution in [0.3, 0.4) is 0 Å². The molecular formula is C15H22N2O. The average molecular weight is 246 g/mol. The third-order valence-corrected chi connectivity index (χ3v) is 3.59. The summed E-state index contributed by atoms with van der Waals surface area (Å²) in [6.45, 7) is 4.63. The minimum absolute atomic E-state index is 0.110. The monoisotopic (exact) mass is 246 g/mol. The Labute approximate surface area is 109 Å². The first-order chi connectivity index (χ1) is 8.70. The lowest BCUT2D eigenvalue weighted by Crippen LogP contribution is -2.38. The van der Waals surface area contributed by atoms with E-state index >= 15 is 0 Å². The number of carbonyl (C=O) groups excluding carboxylic acids is 1. The Morgan fingerprint density at radius 2 is 2.11 bits per heavy atom. The Kier molecular flexibility index (Phi) is 4.37. The number of nitrogens with one attached hydrogen (secondary N) is 2. The molecule has 18 heavy (non-hydrogen) atoms. The number of rotatable bonds is 6. The maximum atomic E-state index is 11.7. The van der Waals surface area contributed by atoms with E-state index in [1.807, 2.05) is 6.07 Å². The van der Waals surface area contributed by atoms with Gasteiger partial charge >= 0.3 is 0 Å². The topological polar surface area (TPSA) is 41.1 Å². The van der Waals surface area contributed by atoms with Crippen molar-refractivity contribution in [3.63, 3.8) is 0 Å². The van der Waals surface area contributed by atoms with E-state index in [0.717, 1.165) is 12.8 Å². The third kappa shape index (κ3) is 3.57. The van der Waals surface area contributed by atoms with Crippen LogP contribution >= 0.6 is 0 Å². The lowest BCUT2D eigenvalue weighted by molar-refractivity contribution is -0.120. The van der Waals surface area contributed by atoms with Gasteiger partial charge < -0.3 is 10.6 Å². The highest BCUT2D eigenvalue weighted by Crippen LogP contribution is 2.40. The van der Waals surface area contributed by atoms with Gasteiger partial charge in [0.05, 0.1) is 6.54 Å². The molecule has 3 heteroatoms. The van der Waals surface area contributed by atoms with Gasteiger partial charge in [0.1, 0.15) is 0 Å². The van der Waals surface area contributed by atoms with Crippen LogP contribution in [0.15, 0.2) is 30.3 Å². The maximum absolute atomic E-state index is 11.7. The molecule has 0 bridgehead atoms. The zero-order valence-electron chi connectivity index (χ0n) is 11.1.